The molecule has 6 nitrogen and oxygen atoms in total. The maximum absolute atomic E-state index is 15.1. The number of aromatic nitrogens is 5. The Morgan fingerprint density at radius 3 is 2.78 bits per heavy atom. The van der Waals surface area contributed by atoms with Gasteiger partial charge in [0.25, 0.3) is 0 Å². The molecule has 0 spiro atoms. The normalized spacial score (nSPS) is 14.7. The second-order valence-electron chi connectivity index (χ2n) is 7.55. The second kappa shape index (κ2) is 5.16. The molecule has 0 fully saturated rings. The van der Waals surface area contributed by atoms with Gasteiger partial charge >= 0.3 is 0 Å². The fourth-order valence-corrected chi connectivity index (χ4v) is 3.84. The number of hydrogen-bond donors (Lipinski definition) is 2. The number of nitrogens with one attached hydrogen (secondary N) is 2. The molecule has 2 N–H and O–H groups in total. The molecule has 1 aliphatic heterocycles. The first-order valence-corrected chi connectivity index (χ1v) is 8.85. The van der Waals surface area contributed by atoms with Crippen LogP contribution in [0.1, 0.15) is 31.1 Å². The SMILES string of the molecule is Cc1c[nH]c2c(-c3nc4c(cc3F)NC(C)(C)c3nnc(C)n3-4)cccc12. The summed E-state index contributed by atoms with van der Waals surface area (Å²) >= 11 is 0. The van der Waals surface area contributed by atoms with Gasteiger partial charge in [-0.15, -0.1) is 10.2 Å². The summed E-state index contributed by atoms with van der Waals surface area (Å²) < 4.78 is 17.0. The standard InChI is InChI=1S/C20H19FN6/c1-10-9-22-16-12(10)6-5-7-13(16)17-14(21)8-15-18(23-17)27-11(2)25-26-19(27)20(3,4)24-15/h5-9,22,24H,1-4H3. The van der Waals surface area contributed by atoms with Gasteiger partial charge in [-0.05, 0) is 33.3 Å². The zero-order valence-corrected chi connectivity index (χ0v) is 15.6. The van der Waals surface area contributed by atoms with Crippen molar-refractivity contribution in [1.29, 1.82) is 0 Å². The molecule has 4 aromatic rings. The van der Waals surface area contributed by atoms with Crippen molar-refractivity contribution >= 4 is 16.6 Å². The van der Waals surface area contributed by atoms with Gasteiger partial charge in [0.05, 0.1) is 16.7 Å². The van der Waals surface area contributed by atoms with Crippen LogP contribution >= 0.6 is 0 Å². The molecule has 3 aromatic heterocycles. The number of aryl methyl sites for hydroxylation is 2. The quantitative estimate of drug-likeness (QED) is 0.532. The van der Waals surface area contributed by atoms with Crippen molar-refractivity contribution in [3.05, 3.63) is 53.5 Å². The first kappa shape index (κ1) is 16.0. The van der Waals surface area contributed by atoms with Crippen LogP contribution in [0.2, 0.25) is 0 Å². The van der Waals surface area contributed by atoms with Crippen LogP contribution in [0, 0.1) is 19.7 Å². The van der Waals surface area contributed by atoms with Crippen molar-refractivity contribution in [2.45, 2.75) is 33.2 Å². The Hall–Kier alpha value is -3.22. The molecule has 0 saturated carbocycles. The summed E-state index contributed by atoms with van der Waals surface area (Å²) in [6, 6.07) is 7.34. The minimum atomic E-state index is -0.472. The molecule has 0 amide bonds. The highest BCUT2D eigenvalue weighted by Crippen LogP contribution is 2.39. The lowest BCUT2D eigenvalue weighted by Gasteiger charge is -2.33. The Labute approximate surface area is 155 Å². The van der Waals surface area contributed by atoms with Gasteiger partial charge in [-0.2, -0.15) is 0 Å². The number of hydrogen-bond acceptors (Lipinski definition) is 4. The molecule has 0 bridgehead atoms. The van der Waals surface area contributed by atoms with E-state index >= 15 is 4.39 Å². The largest absolute Gasteiger partial charge is 0.370 e. The van der Waals surface area contributed by atoms with E-state index in [9.17, 15) is 0 Å². The number of aromatic amines is 1. The lowest BCUT2D eigenvalue weighted by atomic mass is 10.0. The van der Waals surface area contributed by atoms with Crippen LogP contribution in [0.4, 0.5) is 10.1 Å². The molecule has 0 radical (unpaired) electrons. The van der Waals surface area contributed by atoms with Crippen molar-refractivity contribution in [3.8, 4) is 17.1 Å². The predicted molar refractivity (Wildman–Crippen MR) is 103 cm³/mol. The van der Waals surface area contributed by atoms with E-state index in [1.807, 2.05) is 56.7 Å². The Kier molecular flexibility index (Phi) is 3.05. The van der Waals surface area contributed by atoms with E-state index in [2.05, 4.69) is 20.5 Å². The van der Waals surface area contributed by atoms with Crippen LogP contribution in [-0.4, -0.2) is 24.7 Å². The van der Waals surface area contributed by atoms with E-state index in [0.717, 1.165) is 33.7 Å². The smallest absolute Gasteiger partial charge is 0.164 e. The van der Waals surface area contributed by atoms with Gasteiger partial charge in [-0.25, -0.2) is 9.37 Å². The maximum Gasteiger partial charge on any atom is 0.164 e. The molecule has 4 heterocycles. The van der Waals surface area contributed by atoms with Crippen molar-refractivity contribution in [3.63, 3.8) is 0 Å². The molecule has 0 aliphatic carbocycles. The fourth-order valence-electron chi connectivity index (χ4n) is 3.84. The number of nitrogens with zero attached hydrogens (tertiary/aromatic N) is 4. The van der Waals surface area contributed by atoms with Gasteiger partial charge in [0, 0.05) is 23.2 Å². The molecular formula is C20H19FN6. The summed E-state index contributed by atoms with van der Waals surface area (Å²) in [7, 11) is 0. The molecule has 1 aliphatic rings. The minimum absolute atomic E-state index is 0.307. The van der Waals surface area contributed by atoms with Gasteiger partial charge in [0.2, 0.25) is 0 Å². The first-order chi connectivity index (χ1) is 12.9. The number of fused-ring (bicyclic) bond motifs is 4. The molecule has 0 saturated heterocycles. The van der Waals surface area contributed by atoms with E-state index < -0.39 is 5.54 Å². The maximum atomic E-state index is 15.1. The molecule has 27 heavy (non-hydrogen) atoms. The Morgan fingerprint density at radius 1 is 1.15 bits per heavy atom. The number of benzene rings is 1. The fraction of sp³-hybridized carbons (Fsp3) is 0.250. The summed E-state index contributed by atoms with van der Waals surface area (Å²) in [4.78, 5) is 7.95. The molecule has 7 heteroatoms. The second-order valence-corrected chi connectivity index (χ2v) is 7.55. The summed E-state index contributed by atoms with van der Waals surface area (Å²) in [6.45, 7) is 7.88. The van der Waals surface area contributed by atoms with Gasteiger partial charge < -0.3 is 10.3 Å². The van der Waals surface area contributed by atoms with Gasteiger partial charge in [-0.1, -0.05) is 18.2 Å². The molecular weight excluding hydrogens is 343 g/mol. The van der Waals surface area contributed by atoms with Crippen molar-refractivity contribution < 1.29 is 4.39 Å². The lowest BCUT2D eigenvalue weighted by molar-refractivity contribution is 0.528. The molecule has 0 atom stereocenters. The van der Waals surface area contributed by atoms with Crippen molar-refractivity contribution in [1.82, 2.24) is 24.7 Å². The van der Waals surface area contributed by atoms with E-state index in [0.29, 0.717) is 17.2 Å². The zero-order chi connectivity index (χ0) is 18.9. The first-order valence-electron chi connectivity index (χ1n) is 8.85. The van der Waals surface area contributed by atoms with Crippen LogP contribution in [0.15, 0.2) is 30.5 Å². The third kappa shape index (κ3) is 2.14. The third-order valence-electron chi connectivity index (χ3n) is 5.18. The van der Waals surface area contributed by atoms with E-state index in [-0.39, 0.29) is 5.82 Å². The number of anilines is 1. The van der Waals surface area contributed by atoms with Crippen LogP contribution in [0.3, 0.4) is 0 Å². The van der Waals surface area contributed by atoms with Gasteiger partial charge in [-0.3, -0.25) is 4.57 Å². The number of rotatable bonds is 1. The minimum Gasteiger partial charge on any atom is -0.370 e. The summed E-state index contributed by atoms with van der Waals surface area (Å²) in [6.07, 6.45) is 1.93. The number of para-hydroxylation sites is 1. The predicted octanol–water partition coefficient (Wildman–Crippen LogP) is 4.23. The van der Waals surface area contributed by atoms with E-state index in [4.69, 9.17) is 4.98 Å². The highest BCUT2D eigenvalue weighted by molar-refractivity contribution is 5.95. The van der Waals surface area contributed by atoms with Crippen LogP contribution in [0.25, 0.3) is 28.0 Å². The number of H-pyrrole nitrogens is 1. The summed E-state index contributed by atoms with van der Waals surface area (Å²) in [5.41, 5.74) is 3.20. The number of halogens is 1. The molecule has 136 valence electrons. The van der Waals surface area contributed by atoms with Crippen LogP contribution in [0.5, 0.6) is 0 Å². The van der Waals surface area contributed by atoms with Gasteiger partial charge in [0.15, 0.2) is 17.5 Å². The topological polar surface area (TPSA) is 71.4 Å². The average Bonchev–Trinajstić information content (AvgIpc) is 3.19. The highest BCUT2D eigenvalue weighted by atomic mass is 19.1. The van der Waals surface area contributed by atoms with Crippen LogP contribution < -0.4 is 5.32 Å². The molecule has 0 unspecified atom stereocenters. The highest BCUT2D eigenvalue weighted by Gasteiger charge is 2.35. The Balaban J connectivity index is 1.80. The Bertz CT molecular complexity index is 1220. The van der Waals surface area contributed by atoms with Crippen molar-refractivity contribution in [2.75, 3.05) is 5.32 Å². The zero-order valence-electron chi connectivity index (χ0n) is 15.6. The summed E-state index contributed by atoms with van der Waals surface area (Å²) in [5, 5.41) is 12.9. The van der Waals surface area contributed by atoms with Crippen molar-refractivity contribution in [2.24, 2.45) is 0 Å². The number of pyridine rings is 1. The van der Waals surface area contributed by atoms with Gasteiger partial charge in [0.1, 0.15) is 11.5 Å². The van der Waals surface area contributed by atoms with E-state index in [1.54, 1.807) is 0 Å². The van der Waals surface area contributed by atoms with Crippen LogP contribution in [-0.2, 0) is 5.54 Å². The Morgan fingerprint density at radius 2 is 1.96 bits per heavy atom. The third-order valence-corrected chi connectivity index (χ3v) is 5.18. The molecule has 5 rings (SSSR count). The average molecular weight is 362 g/mol. The summed E-state index contributed by atoms with van der Waals surface area (Å²) in [5.74, 6) is 1.72. The molecule has 1 aromatic carbocycles. The van der Waals surface area contributed by atoms with E-state index in [1.165, 1.54) is 6.07 Å². The monoisotopic (exact) mass is 362 g/mol. The lowest BCUT2D eigenvalue weighted by Crippen LogP contribution is -2.36.